The van der Waals surface area contributed by atoms with Crippen molar-refractivity contribution >= 4 is 11.9 Å². The Morgan fingerprint density at radius 1 is 1.10 bits per heavy atom. The maximum absolute atomic E-state index is 12.0. The first-order valence-corrected chi connectivity index (χ1v) is 10.9. The van der Waals surface area contributed by atoms with Gasteiger partial charge in [-0.1, -0.05) is 49.4 Å². The molecule has 4 aliphatic rings. The highest BCUT2D eigenvalue weighted by atomic mass is 16.3. The van der Waals surface area contributed by atoms with Gasteiger partial charge in [-0.05, 0) is 84.1 Å². The number of rotatable bonds is 2. The normalized spacial score (nSPS) is 35.8. The molecule has 5 atom stereocenters. The third-order valence-electron chi connectivity index (χ3n) is 8.26. The Hall–Kier alpha value is -1.97. The highest BCUT2D eigenvalue weighted by molar-refractivity contribution is 5.93. The van der Waals surface area contributed by atoms with Gasteiger partial charge in [0.15, 0.2) is 5.78 Å². The fourth-order valence-corrected chi connectivity index (χ4v) is 6.80. The predicted octanol–water partition coefficient (Wildman–Crippen LogP) is 4.77. The smallest absolute Gasteiger partial charge is 0.156 e. The molecule has 5 unspecified atom stereocenters. The number of carbonyl (C=O) groups is 1. The van der Waals surface area contributed by atoms with Crippen molar-refractivity contribution in [3.63, 3.8) is 0 Å². The first-order valence-electron chi connectivity index (χ1n) is 10.9. The molecular formula is C26H32O3. The molecule has 0 aromatic heterocycles. The Kier molecular flexibility index (Phi) is 5.16. The number of aliphatic hydroxyl groups excluding tert-OH is 1. The summed E-state index contributed by atoms with van der Waals surface area (Å²) in [5.41, 5.74) is 6.89. The summed E-state index contributed by atoms with van der Waals surface area (Å²) < 4.78 is 0. The van der Waals surface area contributed by atoms with Crippen molar-refractivity contribution in [3.05, 3.63) is 64.8 Å². The van der Waals surface area contributed by atoms with Crippen LogP contribution < -0.4 is 0 Å². The highest BCUT2D eigenvalue weighted by Gasteiger charge is 2.56. The van der Waals surface area contributed by atoms with Gasteiger partial charge in [0.25, 0.3) is 0 Å². The Morgan fingerprint density at radius 3 is 2.59 bits per heavy atom. The van der Waals surface area contributed by atoms with Crippen molar-refractivity contribution in [2.45, 2.75) is 63.9 Å². The van der Waals surface area contributed by atoms with Crippen molar-refractivity contribution in [1.82, 2.24) is 0 Å². The maximum Gasteiger partial charge on any atom is 0.156 e. The minimum absolute atomic E-state index is 0. The zero-order chi connectivity index (χ0) is 19.5. The minimum Gasteiger partial charge on any atom is -0.412 e. The molecule has 0 heterocycles. The summed E-state index contributed by atoms with van der Waals surface area (Å²) in [6, 6.07) is 8.82. The Morgan fingerprint density at radius 2 is 1.86 bits per heavy atom. The van der Waals surface area contributed by atoms with Crippen LogP contribution in [0.5, 0.6) is 0 Å². The van der Waals surface area contributed by atoms with Gasteiger partial charge in [0.1, 0.15) is 0 Å². The monoisotopic (exact) mass is 392 g/mol. The van der Waals surface area contributed by atoms with Gasteiger partial charge in [-0.25, -0.2) is 0 Å². The van der Waals surface area contributed by atoms with Crippen LogP contribution in [0.1, 0.15) is 68.9 Å². The van der Waals surface area contributed by atoms with Gasteiger partial charge in [-0.15, -0.1) is 0 Å². The zero-order valence-electron chi connectivity index (χ0n) is 17.3. The molecule has 0 radical (unpaired) electrons. The number of benzene rings is 1. The number of hydrogen-bond acceptors (Lipinski definition) is 2. The molecule has 5 rings (SSSR count). The number of fused-ring (bicyclic) bond motifs is 4. The van der Waals surface area contributed by atoms with Gasteiger partial charge < -0.3 is 10.6 Å². The summed E-state index contributed by atoms with van der Waals surface area (Å²) in [6.45, 7) is 6.21. The number of hydrogen-bond donors (Lipinski definition) is 1. The second-order valence-corrected chi connectivity index (χ2v) is 9.55. The van der Waals surface area contributed by atoms with E-state index in [9.17, 15) is 9.90 Å². The summed E-state index contributed by atoms with van der Waals surface area (Å²) >= 11 is 0. The molecule has 0 bridgehead atoms. The zero-order valence-corrected chi connectivity index (χ0v) is 17.3. The lowest BCUT2D eigenvalue weighted by molar-refractivity contribution is -0.114. The van der Waals surface area contributed by atoms with E-state index in [1.165, 1.54) is 16.7 Å². The quantitative estimate of drug-likeness (QED) is 0.788. The molecule has 0 aliphatic heterocycles. The summed E-state index contributed by atoms with van der Waals surface area (Å²) in [6.07, 6.45) is 10.4. The molecule has 29 heavy (non-hydrogen) atoms. The van der Waals surface area contributed by atoms with Crippen LogP contribution in [0, 0.1) is 17.3 Å². The summed E-state index contributed by atoms with van der Waals surface area (Å²) in [5.74, 6) is 1.78. The number of aliphatic hydroxyl groups is 1. The van der Waals surface area contributed by atoms with Gasteiger partial charge in [0.2, 0.25) is 0 Å². The van der Waals surface area contributed by atoms with Gasteiger partial charge in [-0.2, -0.15) is 0 Å². The molecule has 0 amide bonds. The largest absolute Gasteiger partial charge is 0.412 e. The van der Waals surface area contributed by atoms with Gasteiger partial charge in [0, 0.05) is 12.3 Å². The lowest BCUT2D eigenvalue weighted by Crippen LogP contribution is -2.45. The Bertz CT molecular complexity index is 891. The minimum atomic E-state index is -0.191. The molecule has 4 aliphatic carbocycles. The standard InChI is InChI=1S/C26H30O2.H2O/c1-3-16-4-6-17(7-5-16)22-15-26(2)23(12-13-24(26)28)21-10-8-18-14-19(27)9-11-20(18)25(21)22;/h3-7,14,21-24,28H,1,8-13,15H2,2H3;1H2. The van der Waals surface area contributed by atoms with Crippen LogP contribution in [-0.4, -0.2) is 22.5 Å². The number of carbonyl (C=O) groups excluding carboxylic acids is 1. The molecule has 1 aromatic rings. The van der Waals surface area contributed by atoms with Crippen LogP contribution in [0.25, 0.3) is 6.08 Å². The van der Waals surface area contributed by atoms with Crippen molar-refractivity contribution in [2.24, 2.45) is 17.3 Å². The third kappa shape index (κ3) is 3.06. The molecule has 3 N–H and O–H groups in total. The maximum atomic E-state index is 12.0. The van der Waals surface area contributed by atoms with E-state index in [4.69, 9.17) is 0 Å². The molecule has 1 aromatic carbocycles. The first kappa shape index (κ1) is 20.3. The van der Waals surface area contributed by atoms with E-state index in [1.54, 1.807) is 5.57 Å². The molecular weight excluding hydrogens is 360 g/mol. The fraction of sp³-hybridized carbons (Fsp3) is 0.500. The van der Waals surface area contributed by atoms with Crippen LogP contribution >= 0.6 is 0 Å². The second-order valence-electron chi connectivity index (χ2n) is 9.55. The molecule has 3 nitrogen and oxygen atoms in total. The van der Waals surface area contributed by atoms with Crippen molar-refractivity contribution in [2.75, 3.05) is 0 Å². The highest BCUT2D eigenvalue weighted by Crippen LogP contribution is 2.63. The van der Waals surface area contributed by atoms with E-state index in [0.29, 0.717) is 30.0 Å². The third-order valence-corrected chi connectivity index (χ3v) is 8.26. The topological polar surface area (TPSA) is 68.8 Å². The SMILES string of the molecule is C=Cc1ccc(C2CC3(C)C(O)CCC3C3CCC4=CC(=O)CCC4=C23)cc1.O. The average molecular weight is 393 g/mol. The van der Waals surface area contributed by atoms with Gasteiger partial charge >= 0.3 is 0 Å². The summed E-state index contributed by atoms with van der Waals surface area (Å²) in [4.78, 5) is 12.0. The lowest BCUT2D eigenvalue weighted by Gasteiger charge is -2.52. The number of ketones is 1. The lowest BCUT2D eigenvalue weighted by atomic mass is 9.53. The van der Waals surface area contributed by atoms with Crippen LogP contribution in [0.4, 0.5) is 0 Å². The van der Waals surface area contributed by atoms with Crippen LogP contribution in [0.3, 0.4) is 0 Å². The molecule has 154 valence electrons. The van der Waals surface area contributed by atoms with E-state index < -0.39 is 0 Å². The van der Waals surface area contributed by atoms with Crippen molar-refractivity contribution < 1.29 is 15.4 Å². The fourth-order valence-electron chi connectivity index (χ4n) is 6.80. The molecule has 0 spiro atoms. The van der Waals surface area contributed by atoms with Crippen LogP contribution in [0.2, 0.25) is 0 Å². The van der Waals surface area contributed by atoms with E-state index >= 15 is 0 Å². The molecule has 2 saturated carbocycles. The number of allylic oxidation sites excluding steroid dienone is 4. The predicted molar refractivity (Wildman–Crippen MR) is 116 cm³/mol. The van der Waals surface area contributed by atoms with E-state index in [2.05, 4.69) is 37.8 Å². The van der Waals surface area contributed by atoms with Crippen LogP contribution in [0.15, 0.2) is 53.6 Å². The van der Waals surface area contributed by atoms with E-state index in [1.807, 2.05) is 12.2 Å². The second kappa shape index (κ2) is 7.37. The first-order chi connectivity index (χ1) is 13.5. The van der Waals surface area contributed by atoms with Crippen LogP contribution in [-0.2, 0) is 4.79 Å². The Labute approximate surface area is 173 Å². The van der Waals surface area contributed by atoms with Crippen molar-refractivity contribution in [3.8, 4) is 0 Å². The molecule has 2 fully saturated rings. The molecule has 3 heteroatoms. The van der Waals surface area contributed by atoms with E-state index in [0.717, 1.165) is 44.1 Å². The Balaban J connectivity index is 0.00000205. The van der Waals surface area contributed by atoms with E-state index in [-0.39, 0.29) is 17.0 Å². The van der Waals surface area contributed by atoms with Crippen molar-refractivity contribution in [1.29, 1.82) is 0 Å². The van der Waals surface area contributed by atoms with Gasteiger partial charge in [-0.3, -0.25) is 4.79 Å². The molecule has 0 saturated heterocycles. The average Bonchev–Trinajstić information content (AvgIpc) is 3.01. The summed E-state index contributed by atoms with van der Waals surface area (Å²) in [7, 11) is 0. The summed E-state index contributed by atoms with van der Waals surface area (Å²) in [5, 5.41) is 10.9. The van der Waals surface area contributed by atoms with Gasteiger partial charge in [0.05, 0.1) is 6.10 Å².